The molecule has 0 aliphatic carbocycles. The molecule has 1 unspecified atom stereocenters. The lowest BCUT2D eigenvalue weighted by atomic mass is 10.3. The van der Waals surface area contributed by atoms with Gasteiger partial charge in [-0.1, -0.05) is 23.2 Å². The van der Waals surface area contributed by atoms with Gasteiger partial charge in [0, 0.05) is 22.3 Å². The van der Waals surface area contributed by atoms with Crippen molar-refractivity contribution in [3.63, 3.8) is 0 Å². The third-order valence-corrected chi connectivity index (χ3v) is 2.94. The van der Waals surface area contributed by atoms with Gasteiger partial charge in [0.2, 0.25) is 12.0 Å². The second-order valence-corrected chi connectivity index (χ2v) is 4.58. The van der Waals surface area contributed by atoms with E-state index in [9.17, 15) is 9.59 Å². The first-order valence-corrected chi connectivity index (χ1v) is 5.69. The minimum Gasteiger partial charge on any atom is -0.310 e. The first kappa shape index (κ1) is 12.1. The molecule has 1 amide bonds. The van der Waals surface area contributed by atoms with E-state index in [0.29, 0.717) is 22.3 Å². The van der Waals surface area contributed by atoms with Gasteiger partial charge < -0.3 is 4.90 Å². The summed E-state index contributed by atoms with van der Waals surface area (Å²) in [5.41, 5.74) is 0.621. The van der Waals surface area contributed by atoms with E-state index in [4.69, 9.17) is 23.2 Å². The highest BCUT2D eigenvalue weighted by Crippen LogP contribution is 2.29. The molecule has 1 atom stereocenters. The molecule has 1 aromatic rings. The van der Waals surface area contributed by atoms with Crippen LogP contribution in [0.2, 0.25) is 10.0 Å². The lowest BCUT2D eigenvalue weighted by Crippen LogP contribution is -2.24. The summed E-state index contributed by atoms with van der Waals surface area (Å²) in [5, 5.41) is 0.922. The van der Waals surface area contributed by atoms with Crippen LogP contribution >= 0.6 is 23.2 Å². The van der Waals surface area contributed by atoms with Crippen LogP contribution in [0.25, 0.3) is 0 Å². The van der Waals surface area contributed by atoms with Crippen LogP contribution in [0.15, 0.2) is 23.2 Å². The molecule has 4 nitrogen and oxygen atoms in total. The van der Waals surface area contributed by atoms with Gasteiger partial charge in [0.05, 0.1) is 12.5 Å². The molecule has 0 radical (unpaired) electrons. The minimum absolute atomic E-state index is 0.104. The van der Waals surface area contributed by atoms with Gasteiger partial charge in [-0.05, 0) is 18.2 Å². The number of isocyanates is 1. The van der Waals surface area contributed by atoms with Crippen molar-refractivity contribution in [2.45, 2.75) is 12.5 Å². The first-order valence-electron chi connectivity index (χ1n) is 4.93. The standard InChI is InChI=1S/C11H8Cl2N2O2/c12-7-1-8(13)3-10(2-7)15-5-9(14-6-16)4-11(15)17/h1-3,9H,4-5H2. The Morgan fingerprint density at radius 3 is 2.53 bits per heavy atom. The summed E-state index contributed by atoms with van der Waals surface area (Å²) in [6, 6.07) is 4.56. The fourth-order valence-corrected chi connectivity index (χ4v) is 2.31. The average molecular weight is 271 g/mol. The molecule has 6 heteroatoms. The maximum Gasteiger partial charge on any atom is 0.235 e. The normalized spacial score (nSPS) is 19.3. The van der Waals surface area contributed by atoms with Gasteiger partial charge in [-0.25, -0.2) is 9.79 Å². The molecule has 17 heavy (non-hydrogen) atoms. The first-order chi connectivity index (χ1) is 8.10. The van der Waals surface area contributed by atoms with Gasteiger partial charge in [-0.15, -0.1) is 0 Å². The van der Waals surface area contributed by atoms with Gasteiger partial charge in [-0.2, -0.15) is 0 Å². The summed E-state index contributed by atoms with van der Waals surface area (Å²) >= 11 is 11.7. The number of carbonyl (C=O) groups excluding carboxylic acids is 2. The van der Waals surface area contributed by atoms with Crippen LogP contribution in [-0.4, -0.2) is 24.6 Å². The predicted molar refractivity (Wildman–Crippen MR) is 65.3 cm³/mol. The van der Waals surface area contributed by atoms with Crippen molar-refractivity contribution in [3.8, 4) is 0 Å². The molecule has 0 bridgehead atoms. The fourth-order valence-electron chi connectivity index (χ4n) is 1.79. The molecule has 1 saturated heterocycles. The van der Waals surface area contributed by atoms with E-state index in [1.54, 1.807) is 18.2 Å². The van der Waals surface area contributed by atoms with E-state index in [-0.39, 0.29) is 18.4 Å². The number of amides is 1. The highest BCUT2D eigenvalue weighted by atomic mass is 35.5. The van der Waals surface area contributed by atoms with Gasteiger partial charge in [-0.3, -0.25) is 4.79 Å². The lowest BCUT2D eigenvalue weighted by molar-refractivity contribution is -0.117. The van der Waals surface area contributed by atoms with Crippen molar-refractivity contribution in [3.05, 3.63) is 28.2 Å². The molecule has 2 rings (SSSR count). The SMILES string of the molecule is O=C=NC1CC(=O)N(c2cc(Cl)cc(Cl)c2)C1. The number of nitrogens with zero attached hydrogens (tertiary/aromatic N) is 2. The van der Waals surface area contributed by atoms with Crippen LogP contribution < -0.4 is 4.90 Å². The molecule has 88 valence electrons. The zero-order valence-corrected chi connectivity index (χ0v) is 10.2. The summed E-state index contributed by atoms with van der Waals surface area (Å²) in [4.78, 5) is 27.0. The summed E-state index contributed by atoms with van der Waals surface area (Å²) in [6.45, 7) is 0.352. The summed E-state index contributed by atoms with van der Waals surface area (Å²) < 4.78 is 0. The van der Waals surface area contributed by atoms with E-state index >= 15 is 0 Å². The Kier molecular flexibility index (Phi) is 3.48. The Morgan fingerprint density at radius 2 is 1.94 bits per heavy atom. The van der Waals surface area contributed by atoms with E-state index in [2.05, 4.69) is 4.99 Å². The van der Waals surface area contributed by atoms with Gasteiger partial charge in [0.15, 0.2) is 0 Å². The number of halogens is 2. The number of carbonyl (C=O) groups is 1. The highest BCUT2D eigenvalue weighted by molar-refractivity contribution is 6.35. The van der Waals surface area contributed by atoms with Crippen molar-refractivity contribution >= 4 is 40.9 Å². The summed E-state index contributed by atoms with van der Waals surface area (Å²) in [7, 11) is 0. The average Bonchev–Trinajstić information content (AvgIpc) is 2.58. The maximum atomic E-state index is 11.7. The van der Waals surface area contributed by atoms with Gasteiger partial charge in [0.25, 0.3) is 0 Å². The molecule has 1 heterocycles. The number of aliphatic imine (C=N–C) groups is 1. The van der Waals surface area contributed by atoms with E-state index in [0.717, 1.165) is 0 Å². The van der Waals surface area contributed by atoms with Gasteiger partial charge in [0.1, 0.15) is 0 Å². The van der Waals surface area contributed by atoms with Gasteiger partial charge >= 0.3 is 0 Å². The minimum atomic E-state index is -0.335. The van der Waals surface area contributed by atoms with Crippen LogP contribution in [0, 0.1) is 0 Å². The molecular formula is C11H8Cl2N2O2. The third-order valence-electron chi connectivity index (χ3n) is 2.50. The quantitative estimate of drug-likeness (QED) is 0.612. The molecule has 0 aromatic heterocycles. The van der Waals surface area contributed by atoms with Crippen molar-refractivity contribution in [1.82, 2.24) is 0 Å². The Bertz CT molecular complexity index is 492. The zero-order chi connectivity index (χ0) is 12.4. The molecule has 0 spiro atoms. The molecule has 0 N–H and O–H groups in total. The number of hydrogen-bond donors (Lipinski definition) is 0. The molecule has 1 fully saturated rings. The number of rotatable bonds is 2. The van der Waals surface area contributed by atoms with Crippen molar-refractivity contribution in [2.24, 2.45) is 4.99 Å². The zero-order valence-electron chi connectivity index (χ0n) is 8.69. The van der Waals surface area contributed by atoms with E-state index < -0.39 is 0 Å². The Balaban J connectivity index is 2.28. The Hall–Kier alpha value is -1.35. The maximum absolute atomic E-state index is 11.7. The predicted octanol–water partition coefficient (Wildman–Crippen LogP) is 2.43. The van der Waals surface area contributed by atoms with E-state index in [1.807, 2.05) is 0 Å². The Morgan fingerprint density at radius 1 is 1.29 bits per heavy atom. The van der Waals surface area contributed by atoms with E-state index in [1.165, 1.54) is 11.0 Å². The monoisotopic (exact) mass is 270 g/mol. The van der Waals surface area contributed by atoms with Crippen LogP contribution in [0.4, 0.5) is 5.69 Å². The highest BCUT2D eigenvalue weighted by Gasteiger charge is 2.30. The molecule has 1 aliphatic rings. The second-order valence-electron chi connectivity index (χ2n) is 3.71. The largest absolute Gasteiger partial charge is 0.310 e. The Labute approximate surface area is 108 Å². The summed E-state index contributed by atoms with van der Waals surface area (Å²) in [6.07, 6.45) is 1.68. The molecule has 1 aliphatic heterocycles. The number of anilines is 1. The van der Waals surface area contributed by atoms with Crippen molar-refractivity contribution in [2.75, 3.05) is 11.4 Å². The fraction of sp³-hybridized carbons (Fsp3) is 0.273. The van der Waals surface area contributed by atoms with Crippen molar-refractivity contribution < 1.29 is 9.59 Å². The summed E-state index contributed by atoms with van der Waals surface area (Å²) in [5.74, 6) is -0.104. The van der Waals surface area contributed by atoms with Crippen LogP contribution in [0.3, 0.4) is 0 Å². The lowest BCUT2D eigenvalue weighted by Gasteiger charge is -2.16. The second kappa shape index (κ2) is 4.88. The smallest absolute Gasteiger partial charge is 0.235 e. The topological polar surface area (TPSA) is 49.7 Å². The number of benzene rings is 1. The van der Waals surface area contributed by atoms with Crippen LogP contribution in [0.5, 0.6) is 0 Å². The number of hydrogen-bond acceptors (Lipinski definition) is 3. The van der Waals surface area contributed by atoms with Crippen LogP contribution in [-0.2, 0) is 9.59 Å². The molecule has 0 saturated carbocycles. The van der Waals surface area contributed by atoms with Crippen LogP contribution in [0.1, 0.15) is 6.42 Å². The third kappa shape index (κ3) is 2.67. The van der Waals surface area contributed by atoms with Crippen molar-refractivity contribution in [1.29, 1.82) is 0 Å². The molecule has 1 aromatic carbocycles. The molecular weight excluding hydrogens is 263 g/mol.